The number of rotatable bonds is 5. The Morgan fingerprint density at radius 3 is 2.46 bits per heavy atom. The van der Waals surface area contributed by atoms with E-state index in [0.717, 1.165) is 24.3 Å². The third-order valence-electron chi connectivity index (χ3n) is 3.56. The van der Waals surface area contributed by atoms with Crippen LogP contribution in [0.15, 0.2) is 29.2 Å². The first-order chi connectivity index (χ1) is 11.2. The number of carbonyl (C=O) groups is 2. The van der Waals surface area contributed by atoms with Crippen molar-refractivity contribution in [3.8, 4) is 0 Å². The van der Waals surface area contributed by atoms with Crippen molar-refractivity contribution in [1.82, 2.24) is 4.90 Å². The summed E-state index contributed by atoms with van der Waals surface area (Å²) in [5, 5.41) is 8.93. The van der Waals surface area contributed by atoms with Crippen LogP contribution < -0.4 is 0 Å². The maximum Gasteiger partial charge on any atom is 0.341 e. The SMILES string of the molecule is O=C(O)CC1CSCCN1C(=O)c1ccc(S(=O)(=O)C(F)F)cc1. The first kappa shape index (κ1) is 18.7. The number of amides is 1. The molecule has 1 unspecified atom stereocenters. The number of carboxylic acids is 1. The lowest BCUT2D eigenvalue weighted by Gasteiger charge is -2.34. The highest BCUT2D eigenvalue weighted by Crippen LogP contribution is 2.23. The van der Waals surface area contributed by atoms with Crippen LogP contribution in [0.1, 0.15) is 16.8 Å². The zero-order chi connectivity index (χ0) is 17.9. The molecule has 1 aromatic carbocycles. The Bertz CT molecular complexity index is 721. The Hall–Kier alpha value is -1.68. The van der Waals surface area contributed by atoms with Crippen molar-refractivity contribution in [3.63, 3.8) is 0 Å². The molecule has 0 saturated carbocycles. The second-order valence-electron chi connectivity index (χ2n) is 5.16. The van der Waals surface area contributed by atoms with Gasteiger partial charge in [0.15, 0.2) is 0 Å². The van der Waals surface area contributed by atoms with E-state index in [0.29, 0.717) is 18.1 Å². The van der Waals surface area contributed by atoms with Gasteiger partial charge in [-0.15, -0.1) is 0 Å². The molecule has 1 N–H and O–H groups in total. The second-order valence-corrected chi connectivity index (χ2v) is 8.22. The van der Waals surface area contributed by atoms with Crippen LogP contribution in [0.2, 0.25) is 0 Å². The lowest BCUT2D eigenvalue weighted by Crippen LogP contribution is -2.47. The van der Waals surface area contributed by atoms with E-state index in [9.17, 15) is 26.8 Å². The van der Waals surface area contributed by atoms with Gasteiger partial charge in [0.1, 0.15) is 0 Å². The van der Waals surface area contributed by atoms with Crippen LogP contribution >= 0.6 is 11.8 Å². The van der Waals surface area contributed by atoms with E-state index in [1.165, 1.54) is 4.90 Å². The second kappa shape index (κ2) is 7.47. The lowest BCUT2D eigenvalue weighted by atomic mass is 10.1. The van der Waals surface area contributed by atoms with Gasteiger partial charge in [-0.25, -0.2) is 8.42 Å². The largest absolute Gasteiger partial charge is 0.481 e. The summed E-state index contributed by atoms with van der Waals surface area (Å²) in [4.78, 5) is 24.3. The number of carboxylic acid groups (broad SMARTS) is 1. The van der Waals surface area contributed by atoms with E-state index in [2.05, 4.69) is 0 Å². The van der Waals surface area contributed by atoms with Crippen molar-refractivity contribution in [2.45, 2.75) is 23.1 Å². The van der Waals surface area contributed by atoms with Crippen LogP contribution in [0.3, 0.4) is 0 Å². The van der Waals surface area contributed by atoms with Gasteiger partial charge in [-0.3, -0.25) is 9.59 Å². The molecule has 1 saturated heterocycles. The number of hydrogen-bond donors (Lipinski definition) is 1. The Kier molecular flexibility index (Phi) is 5.81. The summed E-state index contributed by atoms with van der Waals surface area (Å²) in [5.74, 6) is -3.82. The van der Waals surface area contributed by atoms with Crippen molar-refractivity contribution < 1.29 is 31.9 Å². The Morgan fingerprint density at radius 1 is 1.29 bits per heavy atom. The van der Waals surface area contributed by atoms with E-state index < -0.39 is 38.4 Å². The molecule has 1 amide bonds. The number of nitrogens with zero attached hydrogens (tertiary/aromatic N) is 1. The average Bonchev–Trinajstić information content (AvgIpc) is 2.54. The topological polar surface area (TPSA) is 91.8 Å². The number of hydrogen-bond acceptors (Lipinski definition) is 5. The van der Waals surface area contributed by atoms with Crippen LogP contribution in [-0.4, -0.2) is 60.2 Å². The first-order valence-corrected chi connectivity index (χ1v) is 9.66. The van der Waals surface area contributed by atoms with Crippen LogP contribution in [0.4, 0.5) is 8.78 Å². The number of benzene rings is 1. The maximum absolute atomic E-state index is 12.5. The normalized spacial score (nSPS) is 18.6. The van der Waals surface area contributed by atoms with Gasteiger partial charge >= 0.3 is 11.7 Å². The predicted octanol–water partition coefficient (Wildman–Crippen LogP) is 1.72. The molecule has 10 heteroatoms. The standard InChI is InChI=1S/C14H15F2NO5S2/c15-14(16)24(21,22)11-3-1-9(2-4-11)13(20)17-5-6-23-8-10(17)7-12(18)19/h1-4,10,14H,5-8H2,(H,18,19). The van der Waals surface area contributed by atoms with E-state index in [1.807, 2.05) is 0 Å². The molecule has 1 aliphatic heterocycles. The Morgan fingerprint density at radius 2 is 1.92 bits per heavy atom. The first-order valence-electron chi connectivity index (χ1n) is 6.96. The molecule has 24 heavy (non-hydrogen) atoms. The summed E-state index contributed by atoms with van der Waals surface area (Å²) in [6, 6.07) is 3.78. The maximum atomic E-state index is 12.5. The highest BCUT2D eigenvalue weighted by atomic mass is 32.2. The smallest absolute Gasteiger partial charge is 0.341 e. The molecule has 1 fully saturated rings. The zero-order valence-electron chi connectivity index (χ0n) is 12.4. The summed E-state index contributed by atoms with van der Waals surface area (Å²) in [7, 11) is -4.71. The summed E-state index contributed by atoms with van der Waals surface area (Å²) < 4.78 is 47.7. The van der Waals surface area contributed by atoms with Gasteiger partial charge in [0.2, 0.25) is 9.84 Å². The number of alkyl halides is 2. The molecule has 2 rings (SSSR count). The van der Waals surface area contributed by atoms with Crippen LogP contribution in [0.25, 0.3) is 0 Å². The van der Waals surface area contributed by atoms with Gasteiger partial charge in [-0.1, -0.05) is 0 Å². The Balaban J connectivity index is 2.21. The number of aliphatic carboxylic acids is 1. The summed E-state index contributed by atoms with van der Waals surface area (Å²) in [6.07, 6.45) is -0.184. The van der Waals surface area contributed by atoms with Crippen LogP contribution in [0, 0.1) is 0 Å². The zero-order valence-corrected chi connectivity index (χ0v) is 14.0. The molecule has 1 aliphatic rings. The van der Waals surface area contributed by atoms with Crippen LogP contribution in [0.5, 0.6) is 0 Å². The van der Waals surface area contributed by atoms with Crippen molar-refractivity contribution in [2.75, 3.05) is 18.1 Å². The third kappa shape index (κ3) is 4.04. The number of carbonyl (C=O) groups excluding carboxylic acids is 1. The van der Waals surface area contributed by atoms with E-state index in [1.54, 1.807) is 11.8 Å². The highest BCUT2D eigenvalue weighted by molar-refractivity contribution is 7.99. The van der Waals surface area contributed by atoms with Crippen molar-refractivity contribution in [1.29, 1.82) is 0 Å². The molecule has 132 valence electrons. The van der Waals surface area contributed by atoms with E-state index >= 15 is 0 Å². The molecular formula is C14H15F2NO5S2. The molecule has 0 bridgehead atoms. The van der Waals surface area contributed by atoms with E-state index in [-0.39, 0.29) is 12.0 Å². The molecule has 1 aromatic rings. The van der Waals surface area contributed by atoms with Gasteiger partial charge in [0.05, 0.1) is 17.4 Å². The van der Waals surface area contributed by atoms with E-state index in [4.69, 9.17) is 5.11 Å². The number of thioether (sulfide) groups is 1. The minimum absolute atomic E-state index is 0.130. The molecule has 1 atom stereocenters. The van der Waals surface area contributed by atoms with Crippen LogP contribution in [-0.2, 0) is 14.6 Å². The molecule has 1 heterocycles. The monoisotopic (exact) mass is 379 g/mol. The minimum Gasteiger partial charge on any atom is -0.481 e. The average molecular weight is 379 g/mol. The van der Waals surface area contributed by atoms with Crippen molar-refractivity contribution in [2.24, 2.45) is 0 Å². The summed E-state index contributed by atoms with van der Waals surface area (Å²) >= 11 is 1.55. The van der Waals surface area contributed by atoms with Gasteiger partial charge in [0, 0.05) is 23.6 Å². The molecule has 0 aromatic heterocycles. The van der Waals surface area contributed by atoms with Gasteiger partial charge < -0.3 is 10.0 Å². The molecule has 0 aliphatic carbocycles. The fraction of sp³-hybridized carbons (Fsp3) is 0.429. The predicted molar refractivity (Wildman–Crippen MR) is 84.0 cm³/mol. The summed E-state index contributed by atoms with van der Waals surface area (Å²) in [5.41, 5.74) is 0.130. The molecule has 0 radical (unpaired) electrons. The quantitative estimate of drug-likeness (QED) is 0.838. The molecule has 6 nitrogen and oxygen atoms in total. The third-order valence-corrected chi connectivity index (χ3v) is 6.05. The number of halogens is 2. The van der Waals surface area contributed by atoms with Crippen molar-refractivity contribution >= 4 is 33.5 Å². The fourth-order valence-electron chi connectivity index (χ4n) is 2.35. The minimum atomic E-state index is -4.71. The van der Waals surface area contributed by atoms with Gasteiger partial charge in [-0.05, 0) is 24.3 Å². The fourth-order valence-corrected chi connectivity index (χ4v) is 4.13. The molecule has 0 spiro atoms. The highest BCUT2D eigenvalue weighted by Gasteiger charge is 2.30. The van der Waals surface area contributed by atoms with Gasteiger partial charge in [-0.2, -0.15) is 20.5 Å². The lowest BCUT2D eigenvalue weighted by molar-refractivity contribution is -0.138. The van der Waals surface area contributed by atoms with Crippen molar-refractivity contribution in [3.05, 3.63) is 29.8 Å². The molecular weight excluding hydrogens is 364 g/mol. The summed E-state index contributed by atoms with van der Waals surface area (Å²) in [6.45, 7) is 0.374. The Labute approximate surface area is 141 Å². The number of sulfone groups is 1. The van der Waals surface area contributed by atoms with Gasteiger partial charge in [0.25, 0.3) is 5.91 Å².